The van der Waals surface area contributed by atoms with Gasteiger partial charge in [0, 0.05) is 6.54 Å². The number of aromatic nitrogens is 4. The molecule has 0 spiro atoms. The van der Waals surface area contributed by atoms with Crippen LogP contribution in [0.1, 0.15) is 45.7 Å². The number of rotatable bonds is 9. The van der Waals surface area contributed by atoms with Crippen LogP contribution in [0.4, 0.5) is 4.79 Å². The van der Waals surface area contributed by atoms with E-state index < -0.39 is 21.5 Å². The van der Waals surface area contributed by atoms with Crippen molar-refractivity contribution in [3.8, 4) is 17.1 Å². The first-order chi connectivity index (χ1) is 17.2. The zero-order chi connectivity index (χ0) is 26.0. The summed E-state index contributed by atoms with van der Waals surface area (Å²) in [6, 6.07) is 4.28. The molecule has 0 radical (unpaired) electrons. The van der Waals surface area contributed by atoms with E-state index in [9.17, 15) is 23.1 Å². The van der Waals surface area contributed by atoms with E-state index in [0.29, 0.717) is 48.5 Å². The molecule has 0 saturated carbocycles. The minimum absolute atomic E-state index is 0.0636. The Bertz CT molecular complexity index is 1450. The van der Waals surface area contributed by atoms with Crippen LogP contribution in [-0.4, -0.2) is 69.2 Å². The van der Waals surface area contributed by atoms with Gasteiger partial charge in [-0.3, -0.25) is 9.48 Å². The summed E-state index contributed by atoms with van der Waals surface area (Å²) in [5.41, 5.74) is 1.21. The Labute approximate surface area is 209 Å². The zero-order valence-electron chi connectivity index (χ0n) is 20.7. The fraction of sp³-hybridized carbons (Fsp3) is 0.500. The Morgan fingerprint density at radius 2 is 2.06 bits per heavy atom. The van der Waals surface area contributed by atoms with Crippen LogP contribution in [0.15, 0.2) is 27.9 Å². The second-order valence-corrected chi connectivity index (χ2v) is 11.1. The largest absolute Gasteiger partial charge is 0.493 e. The van der Waals surface area contributed by atoms with E-state index in [0.717, 1.165) is 12.8 Å². The van der Waals surface area contributed by atoms with E-state index in [2.05, 4.69) is 10.1 Å². The topological polar surface area (TPSA) is 147 Å². The van der Waals surface area contributed by atoms with E-state index >= 15 is 0 Å². The second-order valence-electron chi connectivity index (χ2n) is 8.78. The second kappa shape index (κ2) is 10.3. The number of carboxylic acid groups (broad SMARTS) is 1. The van der Waals surface area contributed by atoms with Gasteiger partial charge in [0.25, 0.3) is 5.56 Å². The average Bonchev–Trinajstić information content (AvgIpc) is 3.47. The van der Waals surface area contributed by atoms with Crippen molar-refractivity contribution in [1.82, 2.24) is 24.6 Å². The molecule has 11 nitrogen and oxygen atoms in total. The number of nitrogens with zero attached hydrogens (tertiary/aromatic N) is 4. The molecule has 2 aromatic heterocycles. The number of aromatic amines is 1. The first-order valence-electron chi connectivity index (χ1n) is 12.2. The van der Waals surface area contributed by atoms with Crippen molar-refractivity contribution >= 4 is 27.0 Å². The van der Waals surface area contributed by atoms with Crippen LogP contribution in [0.2, 0.25) is 0 Å². The van der Waals surface area contributed by atoms with E-state index in [-0.39, 0.29) is 34.6 Å². The third kappa shape index (κ3) is 4.81. The molecular formula is C24H31N5O6S. The lowest BCUT2D eigenvalue weighted by molar-refractivity contribution is 0.135. The van der Waals surface area contributed by atoms with E-state index in [1.165, 1.54) is 17.0 Å². The van der Waals surface area contributed by atoms with Crippen molar-refractivity contribution in [1.29, 1.82) is 0 Å². The standard InChI is InChI=1S/C24H31N5O6S/c1-4-12-35-19-10-9-16(36(33,34)6-3)13-17(19)22-25-20-18(5-2)27-29(21(20)23(30)26-22)14-15-8-7-11-28(15)24(31)32/h9-10,13,15H,4-8,11-12,14H2,1-3H3,(H,31,32)(H,25,26,30)/t15-/m0/s1. The van der Waals surface area contributed by atoms with Gasteiger partial charge in [-0.2, -0.15) is 5.10 Å². The molecule has 194 valence electrons. The van der Waals surface area contributed by atoms with Gasteiger partial charge >= 0.3 is 6.09 Å². The quantitative estimate of drug-likeness (QED) is 0.440. The minimum Gasteiger partial charge on any atom is -0.493 e. The van der Waals surface area contributed by atoms with Crippen molar-refractivity contribution in [2.75, 3.05) is 18.9 Å². The number of hydrogen-bond acceptors (Lipinski definition) is 7. The number of H-pyrrole nitrogens is 1. The molecule has 3 heterocycles. The van der Waals surface area contributed by atoms with Crippen LogP contribution in [0, 0.1) is 0 Å². The molecule has 1 aliphatic rings. The van der Waals surface area contributed by atoms with Crippen molar-refractivity contribution in [3.63, 3.8) is 0 Å². The normalized spacial score (nSPS) is 16.1. The number of aryl methyl sites for hydroxylation is 1. The van der Waals surface area contributed by atoms with Gasteiger partial charge in [-0.05, 0) is 43.9 Å². The van der Waals surface area contributed by atoms with E-state index in [1.807, 2.05) is 13.8 Å². The van der Waals surface area contributed by atoms with Crippen LogP contribution >= 0.6 is 0 Å². The molecule has 0 aliphatic carbocycles. The molecule has 1 fully saturated rings. The van der Waals surface area contributed by atoms with Gasteiger partial charge < -0.3 is 19.7 Å². The first-order valence-corrected chi connectivity index (χ1v) is 13.8. The number of hydrogen-bond donors (Lipinski definition) is 2. The predicted molar refractivity (Wildman–Crippen MR) is 134 cm³/mol. The van der Waals surface area contributed by atoms with Crippen molar-refractivity contribution in [2.24, 2.45) is 0 Å². The summed E-state index contributed by atoms with van der Waals surface area (Å²) in [4.78, 5) is 33.9. The number of nitrogens with one attached hydrogen (secondary N) is 1. The number of ether oxygens (including phenoxy) is 1. The van der Waals surface area contributed by atoms with Crippen molar-refractivity contribution in [3.05, 3.63) is 34.2 Å². The first kappa shape index (κ1) is 25.7. The van der Waals surface area contributed by atoms with Gasteiger partial charge in [0.2, 0.25) is 0 Å². The van der Waals surface area contributed by atoms with Crippen molar-refractivity contribution < 1.29 is 23.1 Å². The highest BCUT2D eigenvalue weighted by molar-refractivity contribution is 7.91. The number of sulfone groups is 1. The molecule has 1 saturated heterocycles. The summed E-state index contributed by atoms with van der Waals surface area (Å²) in [5.74, 6) is 0.545. The molecule has 1 amide bonds. The van der Waals surface area contributed by atoms with Gasteiger partial charge in [0.05, 0.1) is 41.1 Å². The maximum absolute atomic E-state index is 13.3. The Morgan fingerprint density at radius 1 is 1.28 bits per heavy atom. The van der Waals surface area contributed by atoms with Crippen LogP contribution in [-0.2, 0) is 22.8 Å². The monoisotopic (exact) mass is 517 g/mol. The third-order valence-electron chi connectivity index (χ3n) is 6.42. The summed E-state index contributed by atoms with van der Waals surface area (Å²) < 4.78 is 32.5. The van der Waals surface area contributed by atoms with E-state index in [1.54, 1.807) is 17.7 Å². The summed E-state index contributed by atoms with van der Waals surface area (Å²) in [7, 11) is -3.50. The number of amides is 1. The number of likely N-dealkylation sites (tertiary alicyclic amines) is 1. The van der Waals surface area contributed by atoms with Gasteiger partial charge in [0.1, 0.15) is 17.1 Å². The maximum Gasteiger partial charge on any atom is 0.407 e. The van der Waals surface area contributed by atoms with Crippen LogP contribution < -0.4 is 10.3 Å². The van der Waals surface area contributed by atoms with Gasteiger partial charge in [0.15, 0.2) is 15.4 Å². The average molecular weight is 518 g/mol. The lowest BCUT2D eigenvalue weighted by atomic mass is 10.1. The molecule has 4 rings (SSSR count). The van der Waals surface area contributed by atoms with Crippen LogP contribution in [0.5, 0.6) is 5.75 Å². The smallest absolute Gasteiger partial charge is 0.407 e. The van der Waals surface area contributed by atoms with Crippen molar-refractivity contribution in [2.45, 2.75) is 63.9 Å². The molecular weight excluding hydrogens is 486 g/mol. The molecule has 2 N–H and O–H groups in total. The molecule has 0 bridgehead atoms. The lowest BCUT2D eigenvalue weighted by Crippen LogP contribution is -2.37. The summed E-state index contributed by atoms with van der Waals surface area (Å²) in [5, 5.41) is 14.1. The van der Waals surface area contributed by atoms with Gasteiger partial charge in [-0.1, -0.05) is 20.8 Å². The molecule has 1 atom stereocenters. The zero-order valence-corrected chi connectivity index (χ0v) is 21.5. The highest BCUT2D eigenvalue weighted by Crippen LogP contribution is 2.32. The Kier molecular flexibility index (Phi) is 7.34. The molecule has 3 aromatic rings. The molecule has 1 aliphatic heterocycles. The predicted octanol–water partition coefficient (Wildman–Crippen LogP) is 3.07. The molecule has 1 aromatic carbocycles. The van der Waals surface area contributed by atoms with Gasteiger partial charge in [-0.25, -0.2) is 18.2 Å². The fourth-order valence-corrected chi connectivity index (χ4v) is 5.42. The minimum atomic E-state index is -3.50. The van der Waals surface area contributed by atoms with Crippen LogP contribution in [0.25, 0.3) is 22.4 Å². The highest BCUT2D eigenvalue weighted by Gasteiger charge is 2.30. The number of benzene rings is 1. The Morgan fingerprint density at radius 3 is 2.72 bits per heavy atom. The number of fused-ring (bicyclic) bond motifs is 1. The molecule has 12 heteroatoms. The summed E-state index contributed by atoms with van der Waals surface area (Å²) >= 11 is 0. The third-order valence-corrected chi connectivity index (χ3v) is 8.15. The molecule has 0 unspecified atom stereocenters. The van der Waals surface area contributed by atoms with E-state index in [4.69, 9.17) is 9.72 Å². The molecule has 36 heavy (non-hydrogen) atoms. The maximum atomic E-state index is 13.3. The number of carbonyl (C=O) groups is 1. The fourth-order valence-electron chi connectivity index (χ4n) is 4.52. The SMILES string of the molecule is CCCOc1ccc(S(=O)(=O)CC)cc1-c1nc2c(CC)nn(C[C@@H]3CCCN3C(=O)O)c2c(=O)[nH]1. The lowest BCUT2D eigenvalue weighted by Gasteiger charge is -2.21. The van der Waals surface area contributed by atoms with Gasteiger partial charge in [-0.15, -0.1) is 0 Å². The Balaban J connectivity index is 1.85. The summed E-state index contributed by atoms with van der Waals surface area (Å²) in [6.45, 7) is 6.55. The highest BCUT2D eigenvalue weighted by atomic mass is 32.2. The Hall–Kier alpha value is -3.41. The summed E-state index contributed by atoms with van der Waals surface area (Å²) in [6.07, 6.45) is 1.72. The van der Waals surface area contributed by atoms with Crippen LogP contribution in [0.3, 0.4) is 0 Å².